The van der Waals surface area contributed by atoms with Gasteiger partial charge in [0.05, 0.1) is 6.04 Å². The van der Waals surface area contributed by atoms with E-state index in [1.54, 1.807) is 6.07 Å². The Morgan fingerprint density at radius 2 is 2.09 bits per heavy atom. The first-order valence-corrected chi connectivity index (χ1v) is 7.74. The van der Waals surface area contributed by atoms with E-state index in [0.29, 0.717) is 11.5 Å². The Balaban J connectivity index is 1.63. The molecule has 1 fully saturated rings. The van der Waals surface area contributed by atoms with Crippen molar-refractivity contribution in [3.05, 3.63) is 59.5 Å². The van der Waals surface area contributed by atoms with E-state index in [4.69, 9.17) is 4.52 Å². The van der Waals surface area contributed by atoms with Gasteiger partial charge in [0.25, 0.3) is 5.91 Å². The van der Waals surface area contributed by atoms with E-state index >= 15 is 0 Å². The summed E-state index contributed by atoms with van der Waals surface area (Å²) in [5, 5.41) is 3.88. The highest BCUT2D eigenvalue weighted by Gasteiger charge is 2.40. The third-order valence-electron chi connectivity index (χ3n) is 4.62. The summed E-state index contributed by atoms with van der Waals surface area (Å²) < 4.78 is 5.04. The Morgan fingerprint density at radius 3 is 2.77 bits per heavy atom. The van der Waals surface area contributed by atoms with Crippen molar-refractivity contribution in [2.75, 3.05) is 0 Å². The molecule has 4 nitrogen and oxygen atoms in total. The van der Waals surface area contributed by atoms with Crippen molar-refractivity contribution in [3.8, 4) is 0 Å². The van der Waals surface area contributed by atoms with Crippen molar-refractivity contribution < 1.29 is 9.32 Å². The molecule has 2 atom stereocenters. The zero-order valence-corrected chi connectivity index (χ0v) is 12.5. The van der Waals surface area contributed by atoms with E-state index in [1.165, 1.54) is 11.1 Å². The van der Waals surface area contributed by atoms with Crippen LogP contribution >= 0.6 is 0 Å². The molecule has 4 rings (SSSR count). The van der Waals surface area contributed by atoms with E-state index in [2.05, 4.69) is 35.5 Å². The van der Waals surface area contributed by atoms with Crippen molar-refractivity contribution in [2.45, 2.75) is 38.3 Å². The van der Waals surface area contributed by atoms with E-state index in [-0.39, 0.29) is 18.0 Å². The van der Waals surface area contributed by atoms with E-state index in [0.717, 1.165) is 19.3 Å². The van der Waals surface area contributed by atoms with Crippen molar-refractivity contribution >= 4 is 11.5 Å². The molecule has 2 aliphatic rings. The molecular formula is C18H18N2O2. The summed E-state index contributed by atoms with van der Waals surface area (Å²) >= 11 is 0. The van der Waals surface area contributed by atoms with E-state index in [9.17, 15) is 4.79 Å². The van der Waals surface area contributed by atoms with Gasteiger partial charge in [0.2, 0.25) is 0 Å². The lowest BCUT2D eigenvalue weighted by molar-refractivity contribution is 0.0681. The smallest absolute Gasteiger partial charge is 0.276 e. The lowest BCUT2D eigenvalue weighted by Gasteiger charge is -2.33. The minimum Gasteiger partial charge on any atom is -0.361 e. The number of aromatic nitrogens is 1. The molecule has 0 aliphatic carbocycles. The molecule has 0 N–H and O–H groups in total. The largest absolute Gasteiger partial charge is 0.361 e. The second-order valence-electron chi connectivity index (χ2n) is 6.10. The third-order valence-corrected chi connectivity index (χ3v) is 4.62. The van der Waals surface area contributed by atoms with Crippen LogP contribution in [-0.2, 0) is 0 Å². The zero-order chi connectivity index (χ0) is 15.1. The molecule has 2 bridgehead atoms. The number of carbonyl (C=O) groups is 1. The van der Waals surface area contributed by atoms with Gasteiger partial charge in [-0.25, -0.2) is 0 Å². The van der Waals surface area contributed by atoms with E-state index < -0.39 is 0 Å². The molecule has 0 saturated carbocycles. The summed E-state index contributed by atoms with van der Waals surface area (Å²) in [4.78, 5) is 14.7. The average Bonchev–Trinajstić information content (AvgIpc) is 3.09. The maximum Gasteiger partial charge on any atom is 0.276 e. The molecule has 22 heavy (non-hydrogen) atoms. The Morgan fingerprint density at radius 1 is 1.27 bits per heavy atom. The number of amides is 1. The van der Waals surface area contributed by atoms with E-state index in [1.807, 2.05) is 17.9 Å². The second kappa shape index (κ2) is 5.13. The molecule has 1 saturated heterocycles. The zero-order valence-electron chi connectivity index (χ0n) is 12.5. The Labute approximate surface area is 129 Å². The Kier molecular flexibility index (Phi) is 3.10. The van der Waals surface area contributed by atoms with Gasteiger partial charge in [0.15, 0.2) is 5.69 Å². The second-order valence-corrected chi connectivity index (χ2v) is 6.10. The molecule has 112 valence electrons. The van der Waals surface area contributed by atoms with Crippen LogP contribution < -0.4 is 0 Å². The van der Waals surface area contributed by atoms with Crippen LogP contribution in [0, 0.1) is 6.92 Å². The Hall–Kier alpha value is -2.36. The predicted octanol–water partition coefficient (Wildman–Crippen LogP) is 3.44. The number of hydrogen-bond acceptors (Lipinski definition) is 3. The molecule has 1 aromatic heterocycles. The van der Waals surface area contributed by atoms with Gasteiger partial charge in [-0.15, -0.1) is 0 Å². The summed E-state index contributed by atoms with van der Waals surface area (Å²) in [6, 6.07) is 12.6. The summed E-state index contributed by atoms with van der Waals surface area (Å²) in [7, 11) is 0. The molecule has 1 amide bonds. The number of hydrogen-bond donors (Lipinski definition) is 0. The number of nitrogens with zero attached hydrogens (tertiary/aromatic N) is 2. The van der Waals surface area contributed by atoms with Gasteiger partial charge in [-0.2, -0.15) is 0 Å². The van der Waals surface area contributed by atoms with Crippen molar-refractivity contribution in [2.24, 2.45) is 0 Å². The highest BCUT2D eigenvalue weighted by Crippen LogP contribution is 2.39. The normalized spacial score (nSPS) is 23.5. The van der Waals surface area contributed by atoms with Crippen LogP contribution in [0.4, 0.5) is 0 Å². The maximum absolute atomic E-state index is 12.7. The molecule has 2 aliphatic heterocycles. The van der Waals surface area contributed by atoms with Gasteiger partial charge in [-0.3, -0.25) is 4.79 Å². The molecule has 0 radical (unpaired) electrons. The SMILES string of the molecule is Cc1cc(C(=O)N2[C@@H]3CC[C@@H]2C=C(c2ccccc2)C3)no1. The number of aryl methyl sites for hydroxylation is 1. The number of rotatable bonds is 2. The van der Waals surface area contributed by atoms with Crippen molar-refractivity contribution in [3.63, 3.8) is 0 Å². The fraction of sp³-hybridized carbons (Fsp3) is 0.333. The van der Waals surface area contributed by atoms with Gasteiger partial charge < -0.3 is 9.42 Å². The fourth-order valence-electron chi connectivity index (χ4n) is 3.61. The minimum atomic E-state index is -0.00675. The van der Waals surface area contributed by atoms with Gasteiger partial charge in [-0.1, -0.05) is 41.6 Å². The molecule has 2 aromatic rings. The standard InChI is InChI=1S/C18H18N2O2/c1-12-9-17(19-22-12)18(21)20-15-7-8-16(20)11-14(10-15)13-5-3-2-4-6-13/h2-6,9-10,15-16H,7-8,11H2,1H3/t15-,16-/m1/s1. The van der Waals surface area contributed by atoms with Gasteiger partial charge in [0.1, 0.15) is 5.76 Å². The lowest BCUT2D eigenvalue weighted by atomic mass is 9.94. The fourth-order valence-corrected chi connectivity index (χ4v) is 3.61. The summed E-state index contributed by atoms with van der Waals surface area (Å²) in [6.45, 7) is 1.81. The van der Waals surface area contributed by atoms with Crippen LogP contribution in [-0.4, -0.2) is 28.0 Å². The first-order chi connectivity index (χ1) is 10.7. The predicted molar refractivity (Wildman–Crippen MR) is 83.3 cm³/mol. The van der Waals surface area contributed by atoms with Crippen LogP contribution in [0.3, 0.4) is 0 Å². The van der Waals surface area contributed by atoms with Crippen LogP contribution in [0.15, 0.2) is 47.0 Å². The topological polar surface area (TPSA) is 46.3 Å². The number of fused-ring (bicyclic) bond motifs is 2. The lowest BCUT2D eigenvalue weighted by Crippen LogP contribution is -2.43. The Bertz CT molecular complexity index is 733. The molecule has 4 heteroatoms. The molecular weight excluding hydrogens is 276 g/mol. The highest BCUT2D eigenvalue weighted by atomic mass is 16.5. The van der Waals surface area contributed by atoms with Crippen LogP contribution in [0.25, 0.3) is 5.57 Å². The summed E-state index contributed by atoms with van der Waals surface area (Å²) in [6.07, 6.45) is 5.26. The molecule has 0 spiro atoms. The molecule has 3 heterocycles. The highest BCUT2D eigenvalue weighted by molar-refractivity contribution is 5.93. The van der Waals surface area contributed by atoms with Crippen LogP contribution in [0.5, 0.6) is 0 Å². The quantitative estimate of drug-likeness (QED) is 0.852. The average molecular weight is 294 g/mol. The molecule has 0 unspecified atom stereocenters. The number of carbonyl (C=O) groups excluding carboxylic acids is 1. The van der Waals surface area contributed by atoms with Crippen LogP contribution in [0.1, 0.15) is 41.1 Å². The van der Waals surface area contributed by atoms with Crippen LogP contribution in [0.2, 0.25) is 0 Å². The number of benzene rings is 1. The molecule has 1 aromatic carbocycles. The van der Waals surface area contributed by atoms with Gasteiger partial charge >= 0.3 is 0 Å². The monoisotopic (exact) mass is 294 g/mol. The third kappa shape index (κ3) is 2.15. The maximum atomic E-state index is 12.7. The van der Waals surface area contributed by atoms with Crippen molar-refractivity contribution in [1.29, 1.82) is 0 Å². The first kappa shape index (κ1) is 13.3. The van der Waals surface area contributed by atoms with Crippen molar-refractivity contribution in [1.82, 2.24) is 10.1 Å². The van der Waals surface area contributed by atoms with Gasteiger partial charge in [-0.05, 0) is 37.3 Å². The summed E-state index contributed by atoms with van der Waals surface area (Å²) in [5.41, 5.74) is 3.04. The van der Waals surface area contributed by atoms with Gasteiger partial charge in [0, 0.05) is 12.1 Å². The first-order valence-electron chi connectivity index (χ1n) is 7.74. The minimum absolute atomic E-state index is 0.00675. The summed E-state index contributed by atoms with van der Waals surface area (Å²) in [5.74, 6) is 0.668.